The summed E-state index contributed by atoms with van der Waals surface area (Å²) >= 11 is 0. The summed E-state index contributed by atoms with van der Waals surface area (Å²) in [6.07, 6.45) is 4.55. The SMILES string of the molecule is CC(Nc1ccc2c3c(cccc13)CC2)C(=O)N1CCCC1. The first kappa shape index (κ1) is 13.6. The summed E-state index contributed by atoms with van der Waals surface area (Å²) in [4.78, 5) is 14.5. The number of amides is 1. The van der Waals surface area contributed by atoms with Crippen LogP contribution in [-0.2, 0) is 17.6 Å². The highest BCUT2D eigenvalue weighted by molar-refractivity contribution is 6.00. The van der Waals surface area contributed by atoms with Gasteiger partial charge < -0.3 is 10.2 Å². The van der Waals surface area contributed by atoms with E-state index in [-0.39, 0.29) is 11.9 Å². The number of carbonyl (C=O) groups is 1. The van der Waals surface area contributed by atoms with Crippen molar-refractivity contribution in [1.82, 2.24) is 4.90 Å². The van der Waals surface area contributed by atoms with Gasteiger partial charge in [-0.2, -0.15) is 0 Å². The summed E-state index contributed by atoms with van der Waals surface area (Å²) in [5.41, 5.74) is 3.96. The van der Waals surface area contributed by atoms with E-state index in [9.17, 15) is 4.79 Å². The van der Waals surface area contributed by atoms with Crippen LogP contribution >= 0.6 is 0 Å². The molecule has 0 bridgehead atoms. The number of hydrogen-bond donors (Lipinski definition) is 1. The van der Waals surface area contributed by atoms with Gasteiger partial charge in [-0.1, -0.05) is 24.3 Å². The molecule has 1 aliphatic heterocycles. The minimum Gasteiger partial charge on any atom is -0.373 e. The normalized spacial score (nSPS) is 18.0. The van der Waals surface area contributed by atoms with Crippen LogP contribution in [0, 0.1) is 0 Å². The van der Waals surface area contributed by atoms with Gasteiger partial charge in [0.2, 0.25) is 5.91 Å². The highest BCUT2D eigenvalue weighted by Gasteiger charge is 2.24. The Morgan fingerprint density at radius 3 is 2.59 bits per heavy atom. The Labute approximate surface area is 131 Å². The van der Waals surface area contributed by atoms with Crippen LogP contribution in [0.3, 0.4) is 0 Å². The molecule has 1 saturated heterocycles. The first-order valence-electron chi connectivity index (χ1n) is 8.33. The van der Waals surface area contributed by atoms with Crippen molar-refractivity contribution in [1.29, 1.82) is 0 Å². The van der Waals surface area contributed by atoms with Crippen LogP contribution in [0.2, 0.25) is 0 Å². The monoisotopic (exact) mass is 294 g/mol. The van der Waals surface area contributed by atoms with Crippen molar-refractivity contribution in [3.05, 3.63) is 41.5 Å². The summed E-state index contributed by atoms with van der Waals surface area (Å²) < 4.78 is 0. The number of benzene rings is 2. The molecule has 1 aliphatic carbocycles. The zero-order valence-corrected chi connectivity index (χ0v) is 13.1. The molecule has 0 saturated carbocycles. The summed E-state index contributed by atoms with van der Waals surface area (Å²) in [6.45, 7) is 3.80. The van der Waals surface area contributed by atoms with Crippen LogP contribution in [0.25, 0.3) is 10.8 Å². The van der Waals surface area contributed by atoms with Crippen molar-refractivity contribution in [2.24, 2.45) is 0 Å². The van der Waals surface area contributed by atoms with Gasteiger partial charge in [0.05, 0.1) is 0 Å². The largest absolute Gasteiger partial charge is 0.373 e. The number of nitrogens with zero attached hydrogens (tertiary/aromatic N) is 1. The molecule has 22 heavy (non-hydrogen) atoms. The first-order chi connectivity index (χ1) is 10.7. The molecule has 3 nitrogen and oxygen atoms in total. The molecule has 0 spiro atoms. The van der Waals surface area contributed by atoms with Crippen molar-refractivity contribution < 1.29 is 4.79 Å². The molecule has 0 aromatic heterocycles. The summed E-state index contributed by atoms with van der Waals surface area (Å²) in [7, 11) is 0. The van der Waals surface area contributed by atoms with Crippen LogP contribution in [0.4, 0.5) is 5.69 Å². The van der Waals surface area contributed by atoms with Crippen molar-refractivity contribution in [2.75, 3.05) is 18.4 Å². The molecule has 1 N–H and O–H groups in total. The van der Waals surface area contributed by atoms with Crippen molar-refractivity contribution in [3.63, 3.8) is 0 Å². The first-order valence-corrected chi connectivity index (χ1v) is 8.33. The van der Waals surface area contributed by atoms with Gasteiger partial charge in [0.25, 0.3) is 0 Å². The standard InChI is InChI=1S/C19H22N2O/c1-13(19(22)21-11-2-3-12-21)20-17-10-9-15-8-7-14-5-4-6-16(17)18(14)15/h4-6,9-10,13,20H,2-3,7-8,11-12H2,1H3. The van der Waals surface area contributed by atoms with E-state index in [4.69, 9.17) is 0 Å². The van der Waals surface area contributed by atoms with E-state index < -0.39 is 0 Å². The topological polar surface area (TPSA) is 32.3 Å². The van der Waals surface area contributed by atoms with Crippen molar-refractivity contribution in [3.8, 4) is 0 Å². The van der Waals surface area contributed by atoms with E-state index >= 15 is 0 Å². The predicted octanol–water partition coefficient (Wildman–Crippen LogP) is 3.36. The van der Waals surface area contributed by atoms with Gasteiger partial charge in [0.15, 0.2) is 0 Å². The number of likely N-dealkylation sites (tertiary alicyclic amines) is 1. The Hall–Kier alpha value is -2.03. The Kier molecular flexibility index (Phi) is 3.29. The summed E-state index contributed by atoms with van der Waals surface area (Å²) in [6, 6.07) is 10.7. The maximum atomic E-state index is 12.5. The molecule has 0 radical (unpaired) electrons. The molecule has 114 valence electrons. The second-order valence-corrected chi connectivity index (χ2v) is 6.51. The maximum Gasteiger partial charge on any atom is 0.244 e. The smallest absolute Gasteiger partial charge is 0.244 e. The molecular weight excluding hydrogens is 272 g/mol. The Bertz CT molecular complexity index is 721. The molecule has 1 unspecified atom stereocenters. The van der Waals surface area contributed by atoms with E-state index in [0.717, 1.165) is 44.5 Å². The van der Waals surface area contributed by atoms with E-state index in [2.05, 4.69) is 35.6 Å². The fourth-order valence-electron chi connectivity index (χ4n) is 3.88. The number of aryl methyl sites for hydroxylation is 2. The minimum atomic E-state index is -0.170. The quantitative estimate of drug-likeness (QED) is 0.941. The molecule has 1 fully saturated rings. The second-order valence-electron chi connectivity index (χ2n) is 6.51. The predicted molar refractivity (Wildman–Crippen MR) is 90.3 cm³/mol. The van der Waals surface area contributed by atoms with Crippen LogP contribution in [0.15, 0.2) is 30.3 Å². The highest BCUT2D eigenvalue weighted by atomic mass is 16.2. The molecule has 2 aromatic carbocycles. The number of anilines is 1. The molecule has 2 aromatic rings. The summed E-state index contributed by atoms with van der Waals surface area (Å²) in [5.74, 6) is 0.223. The molecule has 1 atom stereocenters. The second kappa shape index (κ2) is 5.31. The van der Waals surface area contributed by atoms with E-state index in [1.165, 1.54) is 21.9 Å². The Morgan fingerprint density at radius 1 is 1.09 bits per heavy atom. The maximum absolute atomic E-state index is 12.5. The van der Waals surface area contributed by atoms with Crippen LogP contribution in [0.5, 0.6) is 0 Å². The average Bonchev–Trinajstić information content (AvgIpc) is 3.20. The number of rotatable bonds is 3. The average molecular weight is 294 g/mol. The number of nitrogens with one attached hydrogen (secondary N) is 1. The number of carbonyl (C=O) groups excluding carboxylic acids is 1. The molecular formula is C19H22N2O. The zero-order chi connectivity index (χ0) is 15.1. The lowest BCUT2D eigenvalue weighted by atomic mass is 10.0. The van der Waals surface area contributed by atoms with Gasteiger partial charge in [-0.15, -0.1) is 0 Å². The molecule has 2 aliphatic rings. The van der Waals surface area contributed by atoms with Crippen LogP contribution in [-0.4, -0.2) is 29.9 Å². The van der Waals surface area contributed by atoms with Crippen LogP contribution in [0.1, 0.15) is 30.9 Å². The van der Waals surface area contributed by atoms with Gasteiger partial charge in [-0.05, 0) is 55.2 Å². The molecule has 1 heterocycles. The van der Waals surface area contributed by atoms with Gasteiger partial charge in [0, 0.05) is 24.2 Å². The highest BCUT2D eigenvalue weighted by Crippen LogP contribution is 2.35. The van der Waals surface area contributed by atoms with Crippen molar-refractivity contribution >= 4 is 22.4 Å². The molecule has 3 heteroatoms. The third kappa shape index (κ3) is 2.16. The third-order valence-electron chi connectivity index (χ3n) is 5.04. The van der Waals surface area contributed by atoms with Gasteiger partial charge in [-0.25, -0.2) is 0 Å². The Balaban J connectivity index is 1.63. The Morgan fingerprint density at radius 2 is 1.82 bits per heavy atom. The lowest BCUT2D eigenvalue weighted by Gasteiger charge is -2.22. The number of hydrogen-bond acceptors (Lipinski definition) is 2. The lowest BCUT2D eigenvalue weighted by molar-refractivity contribution is -0.130. The third-order valence-corrected chi connectivity index (χ3v) is 5.04. The molecule has 1 amide bonds. The van der Waals surface area contributed by atoms with Gasteiger partial charge >= 0.3 is 0 Å². The summed E-state index contributed by atoms with van der Waals surface area (Å²) in [5, 5.41) is 6.11. The van der Waals surface area contributed by atoms with Crippen molar-refractivity contribution in [2.45, 2.75) is 38.6 Å². The van der Waals surface area contributed by atoms with Gasteiger partial charge in [-0.3, -0.25) is 4.79 Å². The van der Waals surface area contributed by atoms with E-state index in [0.29, 0.717) is 0 Å². The van der Waals surface area contributed by atoms with Gasteiger partial charge in [0.1, 0.15) is 6.04 Å². The molecule has 4 rings (SSSR count). The van der Waals surface area contributed by atoms with E-state index in [1.807, 2.05) is 11.8 Å². The fraction of sp³-hybridized carbons (Fsp3) is 0.421. The fourth-order valence-corrected chi connectivity index (χ4v) is 3.88. The zero-order valence-electron chi connectivity index (χ0n) is 13.1. The minimum absolute atomic E-state index is 0.170. The van der Waals surface area contributed by atoms with E-state index in [1.54, 1.807) is 0 Å². The lowest BCUT2D eigenvalue weighted by Crippen LogP contribution is -2.39. The van der Waals surface area contributed by atoms with Crippen LogP contribution < -0.4 is 5.32 Å².